The number of carbonyl (C=O) groups is 1. The van der Waals surface area contributed by atoms with Gasteiger partial charge in [0, 0.05) is 37.4 Å². The predicted octanol–water partition coefficient (Wildman–Crippen LogP) is 5.17. The molecule has 2 aromatic heterocycles. The second kappa shape index (κ2) is 9.84. The number of halogens is 1. The Morgan fingerprint density at radius 2 is 1.87 bits per heavy atom. The molecule has 3 heterocycles. The van der Waals surface area contributed by atoms with E-state index in [0.717, 1.165) is 28.2 Å². The molecule has 1 amide bonds. The average Bonchev–Trinajstić information content (AvgIpc) is 3.24. The lowest BCUT2D eigenvalue weighted by Crippen LogP contribution is -2.51. The van der Waals surface area contributed by atoms with Gasteiger partial charge in [0.2, 0.25) is 0 Å². The molecule has 1 saturated heterocycles. The fourth-order valence-electron chi connectivity index (χ4n) is 5.24. The Balaban J connectivity index is 1.56. The molecule has 1 aliphatic carbocycles. The molecule has 2 atom stereocenters. The molecule has 1 unspecified atom stereocenters. The van der Waals surface area contributed by atoms with Crippen LogP contribution in [0, 0.1) is 6.92 Å². The van der Waals surface area contributed by atoms with E-state index in [1.807, 2.05) is 64.1 Å². The van der Waals surface area contributed by atoms with Crippen molar-refractivity contribution in [2.45, 2.75) is 51.9 Å². The first-order valence-corrected chi connectivity index (χ1v) is 13.3. The summed E-state index contributed by atoms with van der Waals surface area (Å²) in [4.78, 5) is 29.1. The molecule has 1 aliphatic heterocycles. The zero-order valence-electron chi connectivity index (χ0n) is 22.5. The van der Waals surface area contributed by atoms with E-state index in [9.17, 15) is 9.90 Å². The van der Waals surface area contributed by atoms with Gasteiger partial charge in [-0.15, -0.1) is 0 Å². The van der Waals surface area contributed by atoms with Crippen molar-refractivity contribution in [2.75, 3.05) is 26.2 Å². The van der Waals surface area contributed by atoms with Crippen LogP contribution >= 0.6 is 11.6 Å². The number of aromatic nitrogens is 3. The van der Waals surface area contributed by atoms with E-state index >= 15 is 0 Å². The number of fused-ring (bicyclic) bond motifs is 2. The molecular formula is C29H34ClN5O3. The third-order valence-corrected chi connectivity index (χ3v) is 7.35. The van der Waals surface area contributed by atoms with Gasteiger partial charge in [0.15, 0.2) is 0 Å². The number of H-pyrrole nitrogens is 1. The number of pyridine rings is 1. The molecule has 2 N–H and O–H groups in total. The van der Waals surface area contributed by atoms with Crippen LogP contribution in [-0.4, -0.2) is 67.7 Å². The molecule has 0 spiro atoms. The van der Waals surface area contributed by atoms with Crippen molar-refractivity contribution in [3.63, 3.8) is 0 Å². The second-order valence-electron chi connectivity index (χ2n) is 11.1. The lowest BCUT2D eigenvalue weighted by Gasteiger charge is -2.40. The van der Waals surface area contributed by atoms with E-state index in [1.54, 1.807) is 24.2 Å². The summed E-state index contributed by atoms with van der Waals surface area (Å²) in [6, 6.07) is 9.55. The molecular weight excluding hydrogens is 502 g/mol. The monoisotopic (exact) mass is 535 g/mol. The van der Waals surface area contributed by atoms with Crippen molar-refractivity contribution >= 4 is 29.3 Å². The lowest BCUT2D eigenvalue weighted by atomic mass is 9.84. The number of aromatic amines is 1. The second-order valence-corrected chi connectivity index (χ2v) is 11.6. The highest BCUT2D eigenvalue weighted by Crippen LogP contribution is 2.46. The number of carbonyl (C=O) groups excluding carboxylic acids is 1. The molecule has 200 valence electrons. The van der Waals surface area contributed by atoms with Crippen molar-refractivity contribution < 1.29 is 14.6 Å². The number of benzene rings is 1. The minimum Gasteiger partial charge on any atom is -0.444 e. The lowest BCUT2D eigenvalue weighted by molar-refractivity contribution is 0.0117. The zero-order chi connectivity index (χ0) is 27.2. The minimum absolute atomic E-state index is 0.188. The molecule has 9 heteroatoms. The van der Waals surface area contributed by atoms with Gasteiger partial charge < -0.3 is 19.7 Å². The van der Waals surface area contributed by atoms with E-state index < -0.39 is 11.2 Å². The van der Waals surface area contributed by atoms with Crippen LogP contribution in [0.1, 0.15) is 67.6 Å². The van der Waals surface area contributed by atoms with Gasteiger partial charge in [0.1, 0.15) is 17.0 Å². The number of rotatable bonds is 3. The number of aryl methyl sites for hydroxylation is 1. The maximum Gasteiger partial charge on any atom is 0.410 e. The SMILES string of the molecule is Cc1ncc(C(C)(O)C2=Cc3cccnc3[C@@H](N3CCN(C(=O)OC(C)(C)C)CC3)c3ccc(Cl)cc32)[nH]1. The highest BCUT2D eigenvalue weighted by molar-refractivity contribution is 6.30. The molecule has 0 bridgehead atoms. The van der Waals surface area contributed by atoms with Crippen LogP contribution in [0.2, 0.25) is 5.02 Å². The molecule has 1 fully saturated rings. The minimum atomic E-state index is -1.36. The van der Waals surface area contributed by atoms with Crippen molar-refractivity contribution in [1.29, 1.82) is 0 Å². The molecule has 38 heavy (non-hydrogen) atoms. The third kappa shape index (κ3) is 5.08. The molecule has 1 aromatic carbocycles. The van der Waals surface area contributed by atoms with Gasteiger partial charge in [-0.05, 0) is 81.2 Å². The highest BCUT2D eigenvalue weighted by atomic mass is 35.5. The van der Waals surface area contributed by atoms with Gasteiger partial charge in [-0.25, -0.2) is 9.78 Å². The quantitative estimate of drug-likeness (QED) is 0.480. The van der Waals surface area contributed by atoms with Gasteiger partial charge in [0.25, 0.3) is 0 Å². The maximum absolute atomic E-state index is 12.7. The van der Waals surface area contributed by atoms with Gasteiger partial charge >= 0.3 is 6.09 Å². The summed E-state index contributed by atoms with van der Waals surface area (Å²) in [5.41, 5.74) is 3.08. The molecule has 0 saturated carbocycles. The normalized spacial score (nSPS) is 19.6. The fourth-order valence-corrected chi connectivity index (χ4v) is 5.41. The van der Waals surface area contributed by atoms with Gasteiger partial charge in [-0.2, -0.15) is 0 Å². The van der Waals surface area contributed by atoms with E-state index in [4.69, 9.17) is 21.3 Å². The summed E-state index contributed by atoms with van der Waals surface area (Å²) in [6.07, 6.45) is 5.18. The largest absolute Gasteiger partial charge is 0.444 e. The number of aliphatic hydroxyl groups is 1. The van der Waals surface area contributed by atoms with E-state index in [0.29, 0.717) is 42.5 Å². The van der Waals surface area contributed by atoms with Crippen LogP contribution in [0.4, 0.5) is 4.79 Å². The van der Waals surface area contributed by atoms with Crippen molar-refractivity contribution in [1.82, 2.24) is 24.8 Å². The number of amides is 1. The Hall–Kier alpha value is -3.20. The van der Waals surface area contributed by atoms with Crippen LogP contribution in [0.3, 0.4) is 0 Å². The van der Waals surface area contributed by atoms with E-state index in [1.165, 1.54) is 0 Å². The molecule has 3 aromatic rings. The Morgan fingerprint density at radius 1 is 1.13 bits per heavy atom. The number of hydrogen-bond acceptors (Lipinski definition) is 6. The highest BCUT2D eigenvalue weighted by Gasteiger charge is 2.39. The Kier molecular flexibility index (Phi) is 6.84. The smallest absolute Gasteiger partial charge is 0.410 e. The Labute approximate surface area is 228 Å². The van der Waals surface area contributed by atoms with E-state index in [2.05, 4.69) is 14.9 Å². The Bertz CT molecular complexity index is 1380. The molecule has 5 rings (SSSR count). The molecule has 2 aliphatic rings. The van der Waals surface area contributed by atoms with Crippen LogP contribution < -0.4 is 0 Å². The molecule has 8 nitrogen and oxygen atoms in total. The van der Waals surface area contributed by atoms with E-state index in [-0.39, 0.29) is 12.1 Å². The van der Waals surface area contributed by atoms with Crippen LogP contribution in [-0.2, 0) is 10.3 Å². The van der Waals surface area contributed by atoms with Crippen molar-refractivity contribution in [2.24, 2.45) is 0 Å². The van der Waals surface area contributed by atoms with Crippen LogP contribution in [0.5, 0.6) is 0 Å². The van der Waals surface area contributed by atoms with Crippen molar-refractivity contribution in [3.05, 3.63) is 81.7 Å². The first-order valence-electron chi connectivity index (χ1n) is 12.9. The van der Waals surface area contributed by atoms with Crippen LogP contribution in [0.25, 0.3) is 11.6 Å². The van der Waals surface area contributed by atoms with Gasteiger partial charge in [-0.3, -0.25) is 9.88 Å². The average molecular weight is 536 g/mol. The summed E-state index contributed by atoms with van der Waals surface area (Å²) in [5.74, 6) is 0.726. The predicted molar refractivity (Wildman–Crippen MR) is 148 cm³/mol. The summed E-state index contributed by atoms with van der Waals surface area (Å²) in [6.45, 7) is 11.6. The number of ether oxygens (including phenoxy) is 1. The summed E-state index contributed by atoms with van der Waals surface area (Å²) >= 11 is 6.53. The first-order chi connectivity index (χ1) is 17.9. The maximum atomic E-state index is 12.7. The number of hydrogen-bond donors (Lipinski definition) is 2. The van der Waals surface area contributed by atoms with Gasteiger partial charge in [0.05, 0.1) is 23.6 Å². The summed E-state index contributed by atoms with van der Waals surface area (Å²) in [5, 5.41) is 12.5. The third-order valence-electron chi connectivity index (χ3n) is 7.11. The number of imidazole rings is 1. The number of nitrogens with zero attached hydrogens (tertiary/aromatic N) is 4. The first kappa shape index (κ1) is 26.4. The number of piperazine rings is 1. The standard InChI is InChI=1S/C29H34ClN5O3/c1-18-32-17-24(33-18)29(5,37)23-15-19-7-6-10-31-25(19)26(21-9-8-20(30)16-22(21)23)34-11-13-35(14-12-34)27(36)38-28(2,3)4/h6-10,15-17,26,37H,11-14H2,1-5H3,(H,32,33)/t26-,29?/m0/s1. The molecule has 0 radical (unpaired) electrons. The zero-order valence-corrected chi connectivity index (χ0v) is 23.2. The van der Waals surface area contributed by atoms with Crippen molar-refractivity contribution in [3.8, 4) is 0 Å². The van der Waals surface area contributed by atoms with Gasteiger partial charge in [-0.1, -0.05) is 23.7 Å². The van der Waals surface area contributed by atoms with Crippen LogP contribution in [0.15, 0.2) is 42.7 Å². The summed E-state index contributed by atoms with van der Waals surface area (Å²) in [7, 11) is 0. The number of nitrogens with one attached hydrogen (secondary N) is 1. The summed E-state index contributed by atoms with van der Waals surface area (Å²) < 4.78 is 5.60. The topological polar surface area (TPSA) is 94.6 Å². The Morgan fingerprint density at radius 3 is 2.53 bits per heavy atom. The fraction of sp³-hybridized carbons (Fsp3) is 0.414.